The van der Waals surface area contributed by atoms with Gasteiger partial charge in [-0.25, -0.2) is 15.0 Å². The van der Waals surface area contributed by atoms with E-state index in [1.807, 2.05) is 5.43 Å². The summed E-state index contributed by atoms with van der Waals surface area (Å²) < 4.78 is 99.4. The predicted molar refractivity (Wildman–Crippen MR) is 260 cm³/mol. The van der Waals surface area contributed by atoms with Crippen molar-refractivity contribution in [2.45, 2.75) is 197 Å². The van der Waals surface area contributed by atoms with E-state index in [0.29, 0.717) is 0 Å². The largest absolute Gasteiger partial charge is 0.469 e. The number of phosphoric acid groups is 2. The van der Waals surface area contributed by atoms with Crippen molar-refractivity contribution >= 4 is 27.5 Å². The topological polar surface area (TPSA) is 682 Å². The molecule has 6 fully saturated rings. The molecule has 2 amide bonds. The lowest BCUT2D eigenvalue weighted by Crippen LogP contribution is -2.67. The molecule has 0 aliphatic carbocycles. The smallest absolute Gasteiger partial charge is 0.394 e. The van der Waals surface area contributed by atoms with Crippen molar-refractivity contribution in [3.63, 3.8) is 0 Å². The van der Waals surface area contributed by atoms with Gasteiger partial charge in [0, 0.05) is 6.42 Å². The van der Waals surface area contributed by atoms with Gasteiger partial charge < -0.3 is 163 Å². The number of rotatable bonds is 27. The molecule has 45 heteroatoms. The monoisotopic (exact) mass is 1320 g/mol. The van der Waals surface area contributed by atoms with Gasteiger partial charge >= 0.3 is 15.6 Å². The molecule has 0 aromatic heterocycles. The van der Waals surface area contributed by atoms with Crippen molar-refractivity contribution in [1.82, 2.24) is 10.9 Å². The number of hydrogen-bond donors (Lipinski definition) is 24. The highest BCUT2D eigenvalue weighted by atomic mass is 31.2. The molecular formula is C42H75N3O40P2. The molecule has 6 rings (SSSR count). The third-order valence-electron chi connectivity index (χ3n) is 14.2. The number of carbonyl (C=O) groups excluding carboxylic acids is 2. The van der Waals surface area contributed by atoms with Crippen LogP contribution in [0.3, 0.4) is 0 Å². The minimum absolute atomic E-state index is 0.197. The average molecular weight is 1320 g/mol. The van der Waals surface area contributed by atoms with Crippen molar-refractivity contribution in [3.8, 4) is 0 Å². The van der Waals surface area contributed by atoms with Gasteiger partial charge in [-0.05, 0) is 6.42 Å². The first-order chi connectivity index (χ1) is 40.8. The number of aliphatic hydroxyl groups is 17. The third-order valence-corrected chi connectivity index (χ3v) is 15.2. The molecule has 0 aromatic carbocycles. The Morgan fingerprint density at radius 3 is 1.21 bits per heavy atom. The molecule has 43 nitrogen and oxygen atoms in total. The molecule has 0 radical (unpaired) electrons. The Kier molecular flexibility index (Phi) is 27.8. The van der Waals surface area contributed by atoms with E-state index in [1.54, 1.807) is 0 Å². The second-order valence-corrected chi connectivity index (χ2v) is 22.9. The Balaban J connectivity index is 1.20. The zero-order valence-electron chi connectivity index (χ0n) is 45.0. The number of aliphatic hydroxyl groups excluding tert-OH is 17. The Morgan fingerprint density at radius 1 is 0.391 bits per heavy atom. The SMILES string of the molecule is NOCC(=O)NNC(=O)CCCO[C@@H]1OC(CO[C@H]2OC(CO[C@H]3OC(CO)[C@@H](O)[C@H](O)C3O[C@H]3OC(COP(=O)(O)O)[C@@H](O)C(O)[C@H]3O)[C@@H](O)[C@H](O)C2O)[C@@H](O)[C@H](O[C@H]2OC(CO)[C@@H](O)C(O)[C@H]2O[C@H]2OC(COP(=O)(O)O)[C@@H](O)C(O)[C@H]2O)C1O. The molecular weight excluding hydrogens is 1250 g/mol. The summed E-state index contributed by atoms with van der Waals surface area (Å²) in [6.07, 6.45) is -62.6. The fourth-order valence-electron chi connectivity index (χ4n) is 9.44. The predicted octanol–water partition coefficient (Wildman–Crippen LogP) is -15.0. The summed E-state index contributed by atoms with van der Waals surface area (Å²) >= 11 is 0. The highest BCUT2D eigenvalue weighted by molar-refractivity contribution is 7.46. The number of phosphoric ester groups is 2. The Morgan fingerprint density at radius 2 is 0.747 bits per heavy atom. The van der Waals surface area contributed by atoms with Gasteiger partial charge in [0.15, 0.2) is 37.7 Å². The first kappa shape index (κ1) is 74.0. The van der Waals surface area contributed by atoms with E-state index in [-0.39, 0.29) is 12.8 Å². The average Bonchev–Trinajstić information content (AvgIpc) is 1.28. The first-order valence-electron chi connectivity index (χ1n) is 26.3. The highest BCUT2D eigenvalue weighted by Gasteiger charge is 2.57. The number of carbonyl (C=O) groups is 2. The molecule has 508 valence electrons. The van der Waals surface area contributed by atoms with Crippen LogP contribution in [0.4, 0.5) is 0 Å². The van der Waals surface area contributed by atoms with Crippen LogP contribution in [0.25, 0.3) is 0 Å². The lowest BCUT2D eigenvalue weighted by Gasteiger charge is -2.48. The summed E-state index contributed by atoms with van der Waals surface area (Å²) in [6, 6.07) is 0. The first-order valence-corrected chi connectivity index (χ1v) is 29.3. The molecule has 0 aromatic rings. The lowest BCUT2D eigenvalue weighted by atomic mass is 9.96. The third kappa shape index (κ3) is 19.3. The van der Waals surface area contributed by atoms with Gasteiger partial charge in [0.1, 0.15) is 153 Å². The van der Waals surface area contributed by atoms with Crippen molar-refractivity contribution in [2.24, 2.45) is 5.90 Å². The van der Waals surface area contributed by atoms with Gasteiger partial charge in [0.2, 0.25) is 5.91 Å². The van der Waals surface area contributed by atoms with Gasteiger partial charge in [-0.1, -0.05) is 0 Å². The van der Waals surface area contributed by atoms with E-state index in [9.17, 15) is 115 Å². The molecule has 6 saturated heterocycles. The second-order valence-electron chi connectivity index (χ2n) is 20.4. The maximum Gasteiger partial charge on any atom is 0.469 e. The summed E-state index contributed by atoms with van der Waals surface area (Å²) in [7, 11) is -10.5. The van der Waals surface area contributed by atoms with Crippen LogP contribution in [-0.2, 0) is 89.4 Å². The van der Waals surface area contributed by atoms with E-state index in [1.165, 1.54) is 0 Å². The molecule has 0 saturated carbocycles. The van der Waals surface area contributed by atoms with Crippen molar-refractivity contribution in [3.05, 3.63) is 0 Å². The summed E-state index contributed by atoms with van der Waals surface area (Å²) in [5.41, 5.74) is 4.06. The Labute approximate surface area is 489 Å². The molecule has 0 spiro atoms. The van der Waals surface area contributed by atoms with E-state index < -0.39 is 265 Å². The van der Waals surface area contributed by atoms with Crippen molar-refractivity contribution in [2.75, 3.05) is 52.9 Å². The maximum atomic E-state index is 12.4. The van der Waals surface area contributed by atoms with Crippen molar-refractivity contribution < 1.29 is 196 Å². The fraction of sp³-hybridized carbons (Fsp3) is 0.952. The molecule has 0 bridgehead atoms. The number of nitrogens with two attached hydrogens (primary N) is 1. The van der Waals surface area contributed by atoms with Gasteiger partial charge in [0.05, 0.1) is 46.2 Å². The minimum atomic E-state index is -5.25. The lowest BCUT2D eigenvalue weighted by molar-refractivity contribution is -0.391. The zero-order valence-corrected chi connectivity index (χ0v) is 46.8. The fourth-order valence-corrected chi connectivity index (χ4v) is 10.1. The van der Waals surface area contributed by atoms with Crippen LogP contribution in [0.15, 0.2) is 0 Å². The quantitative estimate of drug-likeness (QED) is 0.0206. The van der Waals surface area contributed by atoms with Crippen LogP contribution in [0.2, 0.25) is 0 Å². The number of nitrogens with one attached hydrogen (secondary N) is 2. The van der Waals surface area contributed by atoms with Gasteiger partial charge in [0.25, 0.3) is 5.91 Å². The van der Waals surface area contributed by atoms with Crippen LogP contribution in [0.5, 0.6) is 0 Å². The van der Waals surface area contributed by atoms with Crippen LogP contribution in [0.1, 0.15) is 12.8 Å². The van der Waals surface area contributed by atoms with Crippen molar-refractivity contribution in [1.29, 1.82) is 0 Å². The van der Waals surface area contributed by atoms with Crippen LogP contribution < -0.4 is 16.7 Å². The number of hydrazine groups is 1. The summed E-state index contributed by atoms with van der Waals surface area (Å²) in [4.78, 5) is 64.9. The highest BCUT2D eigenvalue weighted by Crippen LogP contribution is 2.40. The normalized spacial score (nSPS) is 44.1. The van der Waals surface area contributed by atoms with Crippen LogP contribution in [-0.4, -0.2) is 355 Å². The molecule has 30 atom stereocenters. The molecule has 6 heterocycles. The van der Waals surface area contributed by atoms with E-state index in [4.69, 9.17) is 72.5 Å². The van der Waals surface area contributed by atoms with E-state index in [2.05, 4.69) is 19.3 Å². The Bertz CT molecular complexity index is 2230. The summed E-state index contributed by atoms with van der Waals surface area (Å²) in [6.45, 7) is -7.36. The second kappa shape index (κ2) is 32.7. The minimum Gasteiger partial charge on any atom is -0.394 e. The number of ether oxygens (including phenoxy) is 12. The molecule has 6 aliphatic rings. The molecule has 6 aliphatic heterocycles. The zero-order chi connectivity index (χ0) is 64.6. The molecule has 12 unspecified atom stereocenters. The molecule has 87 heavy (non-hydrogen) atoms. The van der Waals surface area contributed by atoms with Gasteiger partial charge in [-0.15, -0.1) is 0 Å². The summed E-state index contributed by atoms with van der Waals surface area (Å²) in [5.74, 6) is 3.21. The molecule has 25 N–H and O–H groups in total. The van der Waals surface area contributed by atoms with Crippen LogP contribution in [0, 0.1) is 0 Å². The Hall–Kier alpha value is -2.08. The maximum absolute atomic E-state index is 12.4. The van der Waals surface area contributed by atoms with E-state index >= 15 is 0 Å². The number of amides is 2. The number of hydrogen-bond acceptors (Lipinski definition) is 37. The van der Waals surface area contributed by atoms with Crippen LogP contribution >= 0.6 is 15.6 Å². The van der Waals surface area contributed by atoms with Gasteiger partial charge in [-0.3, -0.25) is 34.3 Å². The standard InChI is InChI=1S/C42H75N3O40P2/c43-74-10-18(49)45-44-17(48)2-1-3-71-38-33(64)34(83-42-36(29(60)20(51)12(5-47)78-42)85-40-32(63)27(58)23(54)16(82-40)9-76-87(68,69)70)24(55)14(80-38)7-72-37-30(61)25(56)21(52)13(79-37)6-73-41-35(28(59)19(50)11(4-46)77-41)84-39-31(62)26(57)22(53)15(81-39)8-75-86(65,66)67/h11-16,19-42,46-47,50-64H,1-10,43H2,(H,44,48)(H,45,49)(H2,65,66,67)(H2,68,69,70)/t11?,12?,13?,14?,15?,16?,19-,20-,21-,22-,23-,24-,25+,26?,27?,28+,29?,30?,31-,32-,33?,34+,35?,36-,37+,38-,39-,40-,41+,42-/m1/s1. The van der Waals surface area contributed by atoms with Gasteiger partial charge in [-0.2, -0.15) is 0 Å². The van der Waals surface area contributed by atoms with E-state index in [0.717, 1.165) is 0 Å². The summed E-state index contributed by atoms with van der Waals surface area (Å²) in [5, 5.41) is 184.